The number of nitrogens with one attached hydrogen (secondary N) is 1. The Kier molecular flexibility index (Phi) is 8.11. The highest BCUT2D eigenvalue weighted by Gasteiger charge is 2.24. The molecule has 0 radical (unpaired) electrons. The van der Waals surface area contributed by atoms with Crippen LogP contribution < -0.4 is 5.32 Å². The molecule has 0 spiro atoms. The highest BCUT2D eigenvalue weighted by molar-refractivity contribution is 5.87. The molecule has 0 heterocycles. The third kappa shape index (κ3) is 8.88. The molecule has 138 valence electrons. The first-order valence-corrected chi connectivity index (χ1v) is 8.43. The van der Waals surface area contributed by atoms with E-state index in [4.69, 9.17) is 9.47 Å². The van der Waals surface area contributed by atoms with E-state index >= 15 is 0 Å². The minimum Gasteiger partial charge on any atom is -0.461 e. The summed E-state index contributed by atoms with van der Waals surface area (Å²) in [4.78, 5) is 35.7. The van der Waals surface area contributed by atoms with Crippen LogP contribution in [0.3, 0.4) is 0 Å². The van der Waals surface area contributed by atoms with E-state index in [1.807, 2.05) is 30.3 Å². The number of hydrogen-bond donors (Lipinski definition) is 1. The van der Waals surface area contributed by atoms with Crippen molar-refractivity contribution in [2.45, 2.75) is 65.2 Å². The lowest BCUT2D eigenvalue weighted by Crippen LogP contribution is -2.43. The number of alkyl carbamates (subject to hydrolysis) is 1. The predicted octanol–water partition coefficient (Wildman–Crippen LogP) is 3.38. The maximum atomic E-state index is 12.0. The van der Waals surface area contributed by atoms with E-state index in [2.05, 4.69) is 5.32 Å². The highest BCUT2D eigenvalue weighted by atomic mass is 16.6. The summed E-state index contributed by atoms with van der Waals surface area (Å²) in [6, 6.07) is 8.58. The average molecular weight is 349 g/mol. The molecule has 1 N–H and O–H groups in total. The molecule has 1 aromatic carbocycles. The molecule has 1 rings (SSSR count). The maximum absolute atomic E-state index is 12.0. The number of amides is 1. The molecular weight excluding hydrogens is 322 g/mol. The number of ketones is 1. The van der Waals surface area contributed by atoms with Crippen LogP contribution in [-0.4, -0.2) is 29.5 Å². The Morgan fingerprint density at radius 3 is 2.32 bits per heavy atom. The van der Waals surface area contributed by atoms with Crippen LogP contribution in [0.5, 0.6) is 0 Å². The predicted molar refractivity (Wildman–Crippen MR) is 93.9 cm³/mol. The Labute approximate surface area is 148 Å². The number of carbonyl (C=O) groups is 3. The Bertz CT molecular complexity index is 577. The summed E-state index contributed by atoms with van der Waals surface area (Å²) in [6.45, 7) is 7.11. The fourth-order valence-corrected chi connectivity index (χ4v) is 2.08. The zero-order valence-corrected chi connectivity index (χ0v) is 15.3. The largest absolute Gasteiger partial charge is 0.461 e. The van der Waals surface area contributed by atoms with E-state index < -0.39 is 23.7 Å². The van der Waals surface area contributed by atoms with Gasteiger partial charge in [0, 0.05) is 12.8 Å². The van der Waals surface area contributed by atoms with Crippen LogP contribution in [0, 0.1) is 0 Å². The monoisotopic (exact) mass is 349 g/mol. The smallest absolute Gasteiger partial charge is 0.408 e. The molecule has 0 aliphatic rings. The zero-order valence-electron chi connectivity index (χ0n) is 15.3. The van der Waals surface area contributed by atoms with Gasteiger partial charge in [0.05, 0.1) is 6.04 Å². The maximum Gasteiger partial charge on any atom is 0.408 e. The van der Waals surface area contributed by atoms with Crippen LogP contribution in [-0.2, 0) is 25.7 Å². The molecule has 6 heteroatoms. The standard InChI is InChI=1S/C19H27NO5/c1-5-16(21)15(20-18(23)25-19(2,3)4)11-12-17(22)24-13-14-9-7-6-8-10-14/h6-10,15H,5,11-13H2,1-4H3,(H,20,23). The van der Waals surface area contributed by atoms with Crippen molar-refractivity contribution in [2.24, 2.45) is 0 Å². The van der Waals surface area contributed by atoms with Gasteiger partial charge in [0.2, 0.25) is 0 Å². The van der Waals surface area contributed by atoms with Gasteiger partial charge in [-0.05, 0) is 32.8 Å². The summed E-state index contributed by atoms with van der Waals surface area (Å²) in [5.41, 5.74) is 0.238. The molecule has 6 nitrogen and oxygen atoms in total. The van der Waals surface area contributed by atoms with Crippen molar-refractivity contribution < 1.29 is 23.9 Å². The Morgan fingerprint density at radius 2 is 1.76 bits per heavy atom. The molecule has 1 amide bonds. The number of rotatable bonds is 8. The molecule has 0 fully saturated rings. The lowest BCUT2D eigenvalue weighted by Gasteiger charge is -2.22. The van der Waals surface area contributed by atoms with E-state index in [0.29, 0.717) is 0 Å². The fraction of sp³-hybridized carbons (Fsp3) is 0.526. The van der Waals surface area contributed by atoms with Crippen molar-refractivity contribution >= 4 is 17.8 Å². The first-order valence-electron chi connectivity index (χ1n) is 8.43. The van der Waals surface area contributed by atoms with Gasteiger partial charge in [0.25, 0.3) is 0 Å². The molecule has 1 aromatic rings. The number of hydrogen-bond acceptors (Lipinski definition) is 5. The molecule has 25 heavy (non-hydrogen) atoms. The van der Waals surface area contributed by atoms with Crippen LogP contribution in [0.15, 0.2) is 30.3 Å². The van der Waals surface area contributed by atoms with Crippen LogP contribution in [0.25, 0.3) is 0 Å². The minimum atomic E-state index is -0.760. The zero-order chi connectivity index (χ0) is 18.9. The quantitative estimate of drug-likeness (QED) is 0.728. The van der Waals surface area contributed by atoms with Crippen LogP contribution in [0.2, 0.25) is 0 Å². The van der Waals surface area contributed by atoms with Gasteiger partial charge in [0.1, 0.15) is 12.2 Å². The van der Waals surface area contributed by atoms with E-state index in [0.717, 1.165) is 5.56 Å². The normalized spacial score (nSPS) is 12.2. The van der Waals surface area contributed by atoms with E-state index in [-0.39, 0.29) is 31.7 Å². The molecule has 0 saturated heterocycles. The Hall–Kier alpha value is -2.37. The van der Waals surface area contributed by atoms with Crippen molar-refractivity contribution in [2.75, 3.05) is 0 Å². The molecule has 0 aliphatic heterocycles. The third-order valence-corrected chi connectivity index (χ3v) is 3.31. The number of ether oxygens (including phenoxy) is 2. The topological polar surface area (TPSA) is 81.7 Å². The number of carbonyl (C=O) groups excluding carboxylic acids is 3. The first-order chi connectivity index (χ1) is 11.7. The van der Waals surface area contributed by atoms with E-state index in [1.165, 1.54) is 0 Å². The second-order valence-corrected chi connectivity index (χ2v) is 6.70. The fourth-order valence-electron chi connectivity index (χ4n) is 2.08. The van der Waals surface area contributed by atoms with E-state index in [9.17, 15) is 14.4 Å². The lowest BCUT2D eigenvalue weighted by atomic mass is 10.1. The van der Waals surface area contributed by atoms with Gasteiger partial charge in [-0.15, -0.1) is 0 Å². The van der Waals surface area contributed by atoms with Gasteiger partial charge in [-0.2, -0.15) is 0 Å². The van der Waals surface area contributed by atoms with Crippen LogP contribution in [0.1, 0.15) is 52.5 Å². The summed E-state index contributed by atoms with van der Waals surface area (Å²) in [7, 11) is 0. The number of Topliss-reactive ketones (excluding diaryl/α,β-unsaturated/α-hetero) is 1. The van der Waals surface area contributed by atoms with Gasteiger partial charge in [0.15, 0.2) is 5.78 Å². The molecule has 0 saturated carbocycles. The van der Waals surface area contributed by atoms with E-state index in [1.54, 1.807) is 27.7 Å². The summed E-state index contributed by atoms with van der Waals surface area (Å²) in [5.74, 6) is -0.564. The van der Waals surface area contributed by atoms with Crippen LogP contribution in [0.4, 0.5) is 4.79 Å². The molecular formula is C19H27NO5. The Balaban J connectivity index is 2.48. The summed E-state index contributed by atoms with van der Waals surface area (Å²) in [6.07, 6.45) is -0.185. The SMILES string of the molecule is CCC(=O)C(CCC(=O)OCc1ccccc1)NC(=O)OC(C)(C)C. The molecule has 1 unspecified atom stereocenters. The molecule has 0 aliphatic carbocycles. The van der Waals surface area contributed by atoms with Crippen molar-refractivity contribution in [1.82, 2.24) is 5.32 Å². The molecule has 0 bridgehead atoms. The third-order valence-electron chi connectivity index (χ3n) is 3.31. The van der Waals surface area contributed by atoms with Gasteiger partial charge in [-0.3, -0.25) is 9.59 Å². The molecule has 0 aromatic heterocycles. The average Bonchev–Trinajstić information content (AvgIpc) is 2.55. The second-order valence-electron chi connectivity index (χ2n) is 6.70. The summed E-state index contributed by atoms with van der Waals surface area (Å²) >= 11 is 0. The van der Waals surface area contributed by atoms with Gasteiger partial charge in [-0.1, -0.05) is 37.3 Å². The van der Waals surface area contributed by atoms with Crippen molar-refractivity contribution in [3.8, 4) is 0 Å². The number of benzene rings is 1. The van der Waals surface area contributed by atoms with Gasteiger partial charge in [-0.25, -0.2) is 4.79 Å². The van der Waals surface area contributed by atoms with Gasteiger partial charge < -0.3 is 14.8 Å². The second kappa shape index (κ2) is 9.81. The lowest BCUT2D eigenvalue weighted by molar-refractivity contribution is -0.145. The number of esters is 1. The molecule has 1 atom stereocenters. The minimum absolute atomic E-state index is 0.0407. The van der Waals surface area contributed by atoms with Crippen molar-refractivity contribution in [1.29, 1.82) is 0 Å². The van der Waals surface area contributed by atoms with Gasteiger partial charge >= 0.3 is 12.1 Å². The highest BCUT2D eigenvalue weighted by Crippen LogP contribution is 2.10. The van der Waals surface area contributed by atoms with Crippen LogP contribution >= 0.6 is 0 Å². The van der Waals surface area contributed by atoms with Crippen molar-refractivity contribution in [3.05, 3.63) is 35.9 Å². The Morgan fingerprint density at radius 1 is 1.12 bits per heavy atom. The van der Waals surface area contributed by atoms with Crippen molar-refractivity contribution in [3.63, 3.8) is 0 Å². The summed E-state index contributed by atoms with van der Waals surface area (Å²) < 4.78 is 10.3. The summed E-state index contributed by atoms with van der Waals surface area (Å²) in [5, 5.41) is 2.53. The first kappa shape index (κ1) is 20.7.